The Morgan fingerprint density at radius 1 is 1.22 bits per heavy atom. The van der Waals surface area contributed by atoms with E-state index in [1.54, 1.807) is 18.4 Å². The lowest BCUT2D eigenvalue weighted by molar-refractivity contribution is 0.0468. The van der Waals surface area contributed by atoms with E-state index >= 15 is 0 Å². The van der Waals surface area contributed by atoms with Gasteiger partial charge in [-0.05, 0) is 26.7 Å². The molecule has 1 saturated carbocycles. The topological polar surface area (TPSA) is 58.5 Å². The van der Waals surface area contributed by atoms with E-state index in [2.05, 4.69) is 27.5 Å². The lowest BCUT2D eigenvalue weighted by atomic mass is 10.1. The zero-order valence-electron chi connectivity index (χ0n) is 14.7. The van der Waals surface area contributed by atoms with Crippen molar-refractivity contribution >= 4 is 17.3 Å². The summed E-state index contributed by atoms with van der Waals surface area (Å²) >= 11 is 1.73. The maximum absolute atomic E-state index is 5.99. The lowest BCUT2D eigenvalue weighted by Crippen LogP contribution is -2.38. The van der Waals surface area contributed by atoms with Gasteiger partial charge in [-0.1, -0.05) is 25.7 Å². The Kier molecular flexibility index (Phi) is 7.82. The molecule has 130 valence electrons. The smallest absolute Gasteiger partial charge is 0.191 e. The maximum Gasteiger partial charge on any atom is 0.191 e. The van der Waals surface area contributed by atoms with Crippen LogP contribution in [0.5, 0.6) is 0 Å². The number of ether oxygens (including phenoxy) is 1. The Bertz CT molecular complexity index is 493. The van der Waals surface area contributed by atoms with Gasteiger partial charge in [0.2, 0.25) is 0 Å². The van der Waals surface area contributed by atoms with Crippen LogP contribution in [0.2, 0.25) is 0 Å². The maximum atomic E-state index is 5.99. The zero-order valence-corrected chi connectivity index (χ0v) is 15.5. The summed E-state index contributed by atoms with van der Waals surface area (Å²) in [6.07, 6.45) is 8.26. The summed E-state index contributed by atoms with van der Waals surface area (Å²) in [6, 6.07) is 0. The minimum absolute atomic E-state index is 0.456. The molecule has 1 aliphatic carbocycles. The second kappa shape index (κ2) is 9.88. The van der Waals surface area contributed by atoms with Crippen molar-refractivity contribution in [1.29, 1.82) is 0 Å². The minimum atomic E-state index is 0.456. The molecule has 0 saturated heterocycles. The molecule has 1 heterocycles. The SMILES string of the molecule is CN=C(NCCOC1CCCCCC1)NCc1sc(C)nc1C. The highest BCUT2D eigenvalue weighted by molar-refractivity contribution is 7.11. The standard InChI is InChI=1S/C17H30N4OS/c1-13-16(23-14(2)21-13)12-20-17(18-3)19-10-11-22-15-8-6-4-5-7-9-15/h15H,4-12H2,1-3H3,(H2,18,19,20). The fourth-order valence-corrected chi connectivity index (χ4v) is 3.80. The van der Waals surface area contributed by atoms with E-state index in [-0.39, 0.29) is 0 Å². The Hall–Kier alpha value is -1.14. The summed E-state index contributed by atoms with van der Waals surface area (Å²) in [7, 11) is 1.80. The number of rotatable bonds is 6. The molecule has 0 bridgehead atoms. The first-order valence-corrected chi connectivity index (χ1v) is 9.49. The first-order valence-electron chi connectivity index (χ1n) is 8.68. The molecular formula is C17H30N4OS. The quantitative estimate of drug-likeness (QED) is 0.362. The predicted octanol–water partition coefficient (Wildman–Crippen LogP) is 3.16. The van der Waals surface area contributed by atoms with Gasteiger partial charge in [0.05, 0.1) is 30.0 Å². The molecule has 2 rings (SSSR count). The van der Waals surface area contributed by atoms with Crippen LogP contribution >= 0.6 is 11.3 Å². The Balaban J connectivity index is 1.64. The molecule has 0 aromatic carbocycles. The van der Waals surface area contributed by atoms with E-state index < -0.39 is 0 Å². The van der Waals surface area contributed by atoms with Crippen molar-refractivity contribution in [2.75, 3.05) is 20.2 Å². The molecule has 2 N–H and O–H groups in total. The highest BCUT2D eigenvalue weighted by Crippen LogP contribution is 2.19. The number of nitrogens with one attached hydrogen (secondary N) is 2. The number of thiazole rings is 1. The zero-order chi connectivity index (χ0) is 16.5. The van der Waals surface area contributed by atoms with Crippen LogP contribution in [0.25, 0.3) is 0 Å². The fourth-order valence-electron chi connectivity index (χ4n) is 2.93. The number of guanidine groups is 1. The van der Waals surface area contributed by atoms with E-state index in [4.69, 9.17) is 4.74 Å². The van der Waals surface area contributed by atoms with Gasteiger partial charge in [0.1, 0.15) is 0 Å². The van der Waals surface area contributed by atoms with Gasteiger partial charge in [-0.25, -0.2) is 4.98 Å². The van der Waals surface area contributed by atoms with E-state index in [0.29, 0.717) is 6.10 Å². The van der Waals surface area contributed by atoms with E-state index in [9.17, 15) is 0 Å². The first kappa shape index (κ1) is 18.2. The number of aliphatic imine (C=N–C) groups is 1. The predicted molar refractivity (Wildman–Crippen MR) is 97.2 cm³/mol. The summed E-state index contributed by atoms with van der Waals surface area (Å²) in [5.41, 5.74) is 1.10. The molecule has 0 amide bonds. The van der Waals surface area contributed by atoms with E-state index in [1.165, 1.54) is 43.4 Å². The van der Waals surface area contributed by atoms with Crippen molar-refractivity contribution in [2.24, 2.45) is 4.99 Å². The molecule has 1 aliphatic rings. The number of aryl methyl sites for hydroxylation is 2. The number of hydrogen-bond acceptors (Lipinski definition) is 4. The molecule has 23 heavy (non-hydrogen) atoms. The number of aromatic nitrogens is 1. The van der Waals surface area contributed by atoms with Gasteiger partial charge in [0.25, 0.3) is 0 Å². The Labute approximate surface area is 144 Å². The van der Waals surface area contributed by atoms with E-state index in [0.717, 1.165) is 36.4 Å². The van der Waals surface area contributed by atoms with Gasteiger partial charge >= 0.3 is 0 Å². The molecule has 5 nitrogen and oxygen atoms in total. The normalized spacial score (nSPS) is 17.1. The van der Waals surface area contributed by atoms with Crippen LogP contribution in [-0.4, -0.2) is 37.2 Å². The highest BCUT2D eigenvalue weighted by Gasteiger charge is 2.12. The van der Waals surface area contributed by atoms with Gasteiger partial charge in [-0.3, -0.25) is 4.99 Å². The van der Waals surface area contributed by atoms with Crippen LogP contribution in [0.15, 0.2) is 4.99 Å². The summed E-state index contributed by atoms with van der Waals surface area (Å²) in [5.74, 6) is 0.819. The summed E-state index contributed by atoms with van der Waals surface area (Å²) in [6.45, 7) is 6.39. The third kappa shape index (κ3) is 6.47. The number of hydrogen-bond donors (Lipinski definition) is 2. The average Bonchev–Trinajstić information content (AvgIpc) is 2.74. The minimum Gasteiger partial charge on any atom is -0.376 e. The monoisotopic (exact) mass is 338 g/mol. The first-order chi connectivity index (χ1) is 11.2. The van der Waals surface area contributed by atoms with Crippen LogP contribution in [0.4, 0.5) is 0 Å². The second-order valence-electron chi connectivity index (χ2n) is 6.08. The lowest BCUT2D eigenvalue weighted by Gasteiger charge is -2.16. The molecule has 1 fully saturated rings. The average molecular weight is 339 g/mol. The Morgan fingerprint density at radius 3 is 2.57 bits per heavy atom. The molecule has 0 spiro atoms. The van der Waals surface area contributed by atoms with Gasteiger partial charge in [-0.2, -0.15) is 0 Å². The fraction of sp³-hybridized carbons (Fsp3) is 0.765. The molecule has 0 atom stereocenters. The van der Waals surface area contributed by atoms with Crippen molar-refractivity contribution < 1.29 is 4.74 Å². The van der Waals surface area contributed by atoms with Crippen LogP contribution in [-0.2, 0) is 11.3 Å². The Morgan fingerprint density at radius 2 is 1.96 bits per heavy atom. The van der Waals surface area contributed by atoms with E-state index in [1.807, 2.05) is 6.92 Å². The van der Waals surface area contributed by atoms with Crippen LogP contribution in [0.1, 0.15) is 54.1 Å². The van der Waals surface area contributed by atoms with Gasteiger partial charge in [0.15, 0.2) is 5.96 Å². The van der Waals surface area contributed by atoms with Crippen molar-refractivity contribution in [3.63, 3.8) is 0 Å². The van der Waals surface area contributed by atoms with Gasteiger partial charge in [-0.15, -0.1) is 11.3 Å². The third-order valence-corrected chi connectivity index (χ3v) is 5.26. The van der Waals surface area contributed by atoms with Gasteiger partial charge < -0.3 is 15.4 Å². The highest BCUT2D eigenvalue weighted by atomic mass is 32.1. The summed E-state index contributed by atoms with van der Waals surface area (Å²) in [5, 5.41) is 7.77. The van der Waals surface area contributed by atoms with Crippen molar-refractivity contribution in [3.05, 3.63) is 15.6 Å². The molecule has 1 aromatic rings. The molecule has 0 radical (unpaired) electrons. The van der Waals surface area contributed by atoms with Gasteiger partial charge in [0, 0.05) is 18.5 Å². The van der Waals surface area contributed by atoms with Crippen molar-refractivity contribution in [2.45, 2.75) is 65.0 Å². The molecule has 0 unspecified atom stereocenters. The third-order valence-electron chi connectivity index (χ3n) is 4.19. The molecule has 6 heteroatoms. The number of nitrogens with zero attached hydrogens (tertiary/aromatic N) is 2. The molecule has 0 aliphatic heterocycles. The van der Waals surface area contributed by atoms with Crippen LogP contribution in [0, 0.1) is 13.8 Å². The molecule has 1 aromatic heterocycles. The largest absolute Gasteiger partial charge is 0.376 e. The summed E-state index contributed by atoms with van der Waals surface area (Å²) in [4.78, 5) is 9.97. The summed E-state index contributed by atoms with van der Waals surface area (Å²) < 4.78 is 5.99. The second-order valence-corrected chi connectivity index (χ2v) is 7.37. The van der Waals surface area contributed by atoms with Crippen molar-refractivity contribution in [1.82, 2.24) is 15.6 Å². The van der Waals surface area contributed by atoms with Crippen LogP contribution < -0.4 is 10.6 Å². The molecular weight excluding hydrogens is 308 g/mol. The van der Waals surface area contributed by atoms with Crippen LogP contribution in [0.3, 0.4) is 0 Å². The van der Waals surface area contributed by atoms with Crippen molar-refractivity contribution in [3.8, 4) is 0 Å².